The van der Waals surface area contributed by atoms with Crippen LogP contribution in [0.3, 0.4) is 0 Å². The van der Waals surface area contributed by atoms with Crippen molar-refractivity contribution in [2.75, 3.05) is 5.32 Å². The van der Waals surface area contributed by atoms with Crippen molar-refractivity contribution in [2.24, 2.45) is 5.10 Å². The van der Waals surface area contributed by atoms with E-state index in [0.717, 1.165) is 18.3 Å². The molecule has 118 valence electrons. The molecule has 2 aromatic rings. The molecule has 0 aliphatic heterocycles. The predicted molar refractivity (Wildman–Crippen MR) is 82.6 cm³/mol. The number of nitro groups is 1. The van der Waals surface area contributed by atoms with Crippen LogP contribution in [0, 0.1) is 10.1 Å². The van der Waals surface area contributed by atoms with Gasteiger partial charge in [0.1, 0.15) is 5.75 Å². The summed E-state index contributed by atoms with van der Waals surface area (Å²) in [5, 5.41) is 35.7. The highest BCUT2D eigenvalue weighted by molar-refractivity contribution is 5.91. The van der Waals surface area contributed by atoms with Crippen LogP contribution in [0.1, 0.15) is 5.56 Å². The fourth-order valence-corrected chi connectivity index (χ4v) is 1.67. The number of aromatic hydroxyl groups is 2. The topological polar surface area (TPSA) is 137 Å². The summed E-state index contributed by atoms with van der Waals surface area (Å²) in [4.78, 5) is 21.5. The van der Waals surface area contributed by atoms with Crippen molar-refractivity contribution in [1.29, 1.82) is 0 Å². The number of carbonyl (C=O) groups is 1. The fraction of sp³-hybridized carbons (Fsp3) is 0. The van der Waals surface area contributed by atoms with Crippen molar-refractivity contribution in [3.8, 4) is 11.5 Å². The Labute approximate surface area is 130 Å². The maximum absolute atomic E-state index is 11.6. The zero-order chi connectivity index (χ0) is 16.8. The monoisotopic (exact) mass is 316 g/mol. The molecule has 2 rings (SSSR count). The quantitative estimate of drug-likeness (QED) is 0.389. The number of carbonyl (C=O) groups excluding carboxylic acids is 1. The Morgan fingerprint density at radius 3 is 2.52 bits per heavy atom. The smallest absolute Gasteiger partial charge is 0.339 e. The Bertz CT molecular complexity index is 761. The molecule has 0 aromatic heterocycles. The maximum atomic E-state index is 11.6. The highest BCUT2D eigenvalue weighted by atomic mass is 16.6. The van der Waals surface area contributed by atoms with E-state index in [0.29, 0.717) is 5.69 Å². The van der Waals surface area contributed by atoms with Gasteiger partial charge in [-0.2, -0.15) is 5.10 Å². The number of nitrogens with zero attached hydrogens (tertiary/aromatic N) is 2. The predicted octanol–water partition coefficient (Wildman–Crippen LogP) is 2.16. The number of anilines is 1. The number of amides is 2. The second-order valence-electron chi connectivity index (χ2n) is 4.35. The molecule has 4 N–H and O–H groups in total. The third-order valence-corrected chi connectivity index (χ3v) is 2.72. The fourth-order valence-electron chi connectivity index (χ4n) is 1.67. The molecule has 0 saturated heterocycles. The SMILES string of the molecule is O=C(N/N=C/c1cc([N+](=O)[O-])c(O)cc1O)Nc1ccccc1. The van der Waals surface area contributed by atoms with Crippen LogP contribution >= 0.6 is 0 Å². The molecule has 9 nitrogen and oxygen atoms in total. The van der Waals surface area contributed by atoms with Crippen molar-refractivity contribution in [1.82, 2.24) is 5.43 Å². The third-order valence-electron chi connectivity index (χ3n) is 2.72. The summed E-state index contributed by atoms with van der Waals surface area (Å²) < 4.78 is 0. The molecule has 0 heterocycles. The van der Waals surface area contributed by atoms with Crippen LogP contribution in [-0.2, 0) is 0 Å². The molecule has 0 bridgehead atoms. The molecule has 0 aliphatic rings. The minimum Gasteiger partial charge on any atom is -0.507 e. The molecule has 9 heteroatoms. The molecule has 2 amide bonds. The van der Waals surface area contributed by atoms with E-state index in [1.165, 1.54) is 0 Å². The lowest BCUT2D eigenvalue weighted by Crippen LogP contribution is -2.24. The van der Waals surface area contributed by atoms with Gasteiger partial charge in [-0.15, -0.1) is 0 Å². The Kier molecular flexibility index (Phi) is 4.72. The van der Waals surface area contributed by atoms with Gasteiger partial charge in [0, 0.05) is 23.4 Å². The van der Waals surface area contributed by atoms with Crippen LogP contribution in [0.15, 0.2) is 47.6 Å². The summed E-state index contributed by atoms with van der Waals surface area (Å²) in [5.41, 5.74) is 2.09. The summed E-state index contributed by atoms with van der Waals surface area (Å²) >= 11 is 0. The normalized spacial score (nSPS) is 10.4. The van der Waals surface area contributed by atoms with Gasteiger partial charge in [-0.05, 0) is 12.1 Å². The second kappa shape index (κ2) is 6.89. The molecule has 0 radical (unpaired) electrons. The number of hydrazone groups is 1. The molecular weight excluding hydrogens is 304 g/mol. The number of hydrogen-bond acceptors (Lipinski definition) is 6. The van der Waals surface area contributed by atoms with E-state index >= 15 is 0 Å². The minimum absolute atomic E-state index is 0.0329. The molecule has 2 aromatic carbocycles. The first kappa shape index (κ1) is 15.8. The summed E-state index contributed by atoms with van der Waals surface area (Å²) in [7, 11) is 0. The number of para-hydroxylation sites is 1. The van der Waals surface area contributed by atoms with Crippen molar-refractivity contribution >= 4 is 23.6 Å². The van der Waals surface area contributed by atoms with E-state index in [9.17, 15) is 25.1 Å². The Balaban J connectivity index is 2.04. The lowest BCUT2D eigenvalue weighted by Gasteiger charge is -2.04. The first-order chi connectivity index (χ1) is 11.0. The molecule has 0 atom stereocenters. The lowest BCUT2D eigenvalue weighted by molar-refractivity contribution is -0.385. The molecule has 0 saturated carbocycles. The number of nitro benzene ring substituents is 1. The average Bonchev–Trinajstić information content (AvgIpc) is 2.50. The van der Waals surface area contributed by atoms with E-state index in [1.807, 2.05) is 0 Å². The van der Waals surface area contributed by atoms with Gasteiger partial charge in [0.2, 0.25) is 0 Å². The average molecular weight is 316 g/mol. The van der Waals surface area contributed by atoms with E-state index in [-0.39, 0.29) is 5.56 Å². The molecule has 0 fully saturated rings. The van der Waals surface area contributed by atoms with Gasteiger partial charge in [0.05, 0.1) is 11.1 Å². The van der Waals surface area contributed by atoms with Crippen LogP contribution in [0.5, 0.6) is 11.5 Å². The van der Waals surface area contributed by atoms with Crippen LogP contribution < -0.4 is 10.7 Å². The van der Waals surface area contributed by atoms with Gasteiger partial charge in [0.15, 0.2) is 5.75 Å². The maximum Gasteiger partial charge on any atom is 0.339 e. The Morgan fingerprint density at radius 2 is 1.87 bits per heavy atom. The highest BCUT2D eigenvalue weighted by Gasteiger charge is 2.16. The molecule has 0 spiro atoms. The number of urea groups is 1. The van der Waals surface area contributed by atoms with Crippen molar-refractivity contribution in [3.63, 3.8) is 0 Å². The number of phenols is 2. The van der Waals surface area contributed by atoms with Gasteiger partial charge >= 0.3 is 11.7 Å². The summed E-state index contributed by atoms with van der Waals surface area (Å²) in [6.07, 6.45) is 1.02. The van der Waals surface area contributed by atoms with E-state index in [1.54, 1.807) is 30.3 Å². The summed E-state index contributed by atoms with van der Waals surface area (Å²) in [5.74, 6) is -1.08. The number of rotatable bonds is 4. The van der Waals surface area contributed by atoms with Crippen LogP contribution in [0.25, 0.3) is 0 Å². The first-order valence-electron chi connectivity index (χ1n) is 6.33. The summed E-state index contributed by atoms with van der Waals surface area (Å²) in [6, 6.07) is 9.77. The first-order valence-corrected chi connectivity index (χ1v) is 6.33. The number of nitrogens with one attached hydrogen (secondary N) is 2. The molecular formula is C14H12N4O5. The van der Waals surface area contributed by atoms with Gasteiger partial charge in [-0.25, -0.2) is 10.2 Å². The molecule has 0 aliphatic carbocycles. The highest BCUT2D eigenvalue weighted by Crippen LogP contribution is 2.31. The van der Waals surface area contributed by atoms with E-state index < -0.39 is 28.1 Å². The number of phenolic OH excluding ortho intramolecular Hbond substituents is 2. The molecule has 0 unspecified atom stereocenters. The zero-order valence-corrected chi connectivity index (χ0v) is 11.6. The Morgan fingerprint density at radius 1 is 1.17 bits per heavy atom. The largest absolute Gasteiger partial charge is 0.507 e. The second-order valence-corrected chi connectivity index (χ2v) is 4.35. The van der Waals surface area contributed by atoms with Crippen molar-refractivity contribution in [2.45, 2.75) is 0 Å². The lowest BCUT2D eigenvalue weighted by atomic mass is 10.2. The van der Waals surface area contributed by atoms with E-state index in [4.69, 9.17) is 0 Å². The van der Waals surface area contributed by atoms with Gasteiger partial charge in [-0.1, -0.05) is 18.2 Å². The van der Waals surface area contributed by atoms with Gasteiger partial charge < -0.3 is 15.5 Å². The standard InChI is InChI=1S/C14H12N4O5/c19-12-7-13(20)11(18(22)23)6-9(12)8-15-17-14(21)16-10-4-2-1-3-5-10/h1-8,19-20H,(H2,16,17,21)/b15-8+. The zero-order valence-electron chi connectivity index (χ0n) is 11.6. The van der Waals surface area contributed by atoms with E-state index in [2.05, 4.69) is 15.8 Å². The van der Waals surface area contributed by atoms with Crippen LogP contribution in [0.2, 0.25) is 0 Å². The number of hydrogen-bond donors (Lipinski definition) is 4. The van der Waals surface area contributed by atoms with Crippen LogP contribution in [0.4, 0.5) is 16.2 Å². The Hall–Kier alpha value is -3.62. The van der Waals surface area contributed by atoms with Gasteiger partial charge in [-0.3, -0.25) is 10.1 Å². The van der Waals surface area contributed by atoms with Crippen LogP contribution in [-0.4, -0.2) is 27.4 Å². The van der Waals surface area contributed by atoms with Crippen molar-refractivity contribution in [3.05, 3.63) is 58.1 Å². The molecule has 23 heavy (non-hydrogen) atoms. The summed E-state index contributed by atoms with van der Waals surface area (Å²) in [6.45, 7) is 0. The third kappa shape index (κ3) is 4.17. The van der Waals surface area contributed by atoms with Crippen molar-refractivity contribution < 1.29 is 19.9 Å². The van der Waals surface area contributed by atoms with Gasteiger partial charge in [0.25, 0.3) is 0 Å². The minimum atomic E-state index is -0.804. The number of benzene rings is 2.